The zero-order valence-corrected chi connectivity index (χ0v) is 19.2. The molecule has 1 radical (unpaired) electrons. The van der Waals surface area contributed by atoms with E-state index in [0.717, 1.165) is 49.2 Å². The Labute approximate surface area is 173 Å². The van der Waals surface area contributed by atoms with Crippen molar-refractivity contribution in [2.24, 2.45) is 0 Å². The van der Waals surface area contributed by atoms with Crippen molar-refractivity contribution in [1.29, 1.82) is 0 Å². The summed E-state index contributed by atoms with van der Waals surface area (Å²) < 4.78 is 0.916. The van der Waals surface area contributed by atoms with E-state index in [2.05, 4.69) is 58.6 Å². The van der Waals surface area contributed by atoms with Gasteiger partial charge in [-0.2, -0.15) is 0 Å². The Bertz CT molecular complexity index is 550. The van der Waals surface area contributed by atoms with Gasteiger partial charge in [-0.25, -0.2) is 0 Å². The smallest absolute Gasteiger partial charge is 0.285 e. The van der Waals surface area contributed by atoms with Crippen molar-refractivity contribution < 1.29 is 42.0 Å². The Morgan fingerprint density at radius 2 is 1.54 bits per heavy atom. The largest absolute Gasteiger partial charge is 0.314 e. The molecule has 1 aromatic carbocycles. The fourth-order valence-corrected chi connectivity index (χ4v) is 4.52. The van der Waals surface area contributed by atoms with Crippen molar-refractivity contribution in [3.05, 3.63) is 28.8 Å². The van der Waals surface area contributed by atoms with Crippen LogP contribution in [-0.4, -0.2) is 42.6 Å². The van der Waals surface area contributed by atoms with Crippen LogP contribution in [0.15, 0.2) is 12.1 Å². The van der Waals surface area contributed by atoms with E-state index in [1.807, 2.05) is 0 Å². The van der Waals surface area contributed by atoms with Gasteiger partial charge in [0.05, 0.1) is 19.6 Å². The van der Waals surface area contributed by atoms with Crippen LogP contribution >= 0.6 is 0 Å². The third-order valence-electron chi connectivity index (χ3n) is 5.87. The number of carbonyl (C=O) groups excluding carboxylic acids is 1. The van der Waals surface area contributed by atoms with Crippen LogP contribution in [0.1, 0.15) is 50.3 Å². The first-order valence-electron chi connectivity index (χ1n) is 9.15. The second-order valence-electron chi connectivity index (χ2n) is 7.06. The van der Waals surface area contributed by atoms with Crippen molar-refractivity contribution in [3.8, 4) is 0 Å². The van der Waals surface area contributed by atoms with Crippen molar-refractivity contribution in [3.63, 3.8) is 0 Å². The molecule has 1 unspecified atom stereocenters. The normalized spacial score (nSPS) is 18.5. The molecule has 0 N–H and O–H groups in total. The summed E-state index contributed by atoms with van der Waals surface area (Å²) in [5.74, 6) is 0.330. The minimum Gasteiger partial charge on any atom is -0.314 e. The van der Waals surface area contributed by atoms with Crippen LogP contribution in [0.3, 0.4) is 0 Å². The van der Waals surface area contributed by atoms with E-state index in [1.54, 1.807) is 0 Å². The molecule has 1 amide bonds. The Morgan fingerprint density at radius 1 is 1.04 bits per heavy atom. The minimum atomic E-state index is 0. The summed E-state index contributed by atoms with van der Waals surface area (Å²) in [6.45, 7) is 17.0. The van der Waals surface area contributed by atoms with Crippen molar-refractivity contribution >= 4 is 11.6 Å². The van der Waals surface area contributed by atoms with Gasteiger partial charge in [0.15, 0.2) is 6.04 Å². The van der Waals surface area contributed by atoms with Gasteiger partial charge in [0.2, 0.25) is 0 Å². The minimum absolute atomic E-state index is 0. The summed E-state index contributed by atoms with van der Waals surface area (Å²) in [5, 5.41) is 0. The molecule has 4 heteroatoms. The predicted molar refractivity (Wildman–Crippen MR) is 97.9 cm³/mol. The van der Waals surface area contributed by atoms with Crippen LogP contribution in [0.5, 0.6) is 0 Å². The summed E-state index contributed by atoms with van der Waals surface area (Å²) in [7, 11) is 0. The van der Waals surface area contributed by atoms with Crippen LogP contribution in [0.2, 0.25) is 0 Å². The van der Waals surface area contributed by atoms with Crippen LogP contribution in [0.25, 0.3) is 0 Å². The molecule has 0 aliphatic carbocycles. The molecule has 1 atom stereocenters. The second-order valence-corrected chi connectivity index (χ2v) is 7.06. The van der Waals surface area contributed by atoms with Gasteiger partial charge >= 0.3 is 0 Å². The molecule has 1 fully saturated rings. The number of likely N-dealkylation sites (N-methyl/N-ethyl adjacent to an activating group) is 1. The van der Waals surface area contributed by atoms with E-state index in [4.69, 9.17) is 0 Å². The number of hydrogen-bond donors (Lipinski definition) is 0. The van der Waals surface area contributed by atoms with Crippen molar-refractivity contribution in [2.75, 3.05) is 31.1 Å². The Kier molecular flexibility index (Phi) is 8.10. The van der Waals surface area contributed by atoms with Gasteiger partial charge in [0.1, 0.15) is 0 Å². The van der Waals surface area contributed by atoms with E-state index in [1.165, 1.54) is 16.7 Å². The molecule has 1 saturated heterocycles. The molecule has 131 valence electrons. The molecule has 24 heavy (non-hydrogen) atoms. The summed E-state index contributed by atoms with van der Waals surface area (Å²) in [6.07, 6.45) is 2.12. The molecule has 0 bridgehead atoms. The fourth-order valence-electron chi connectivity index (χ4n) is 4.52. The first-order chi connectivity index (χ1) is 10.9. The average molecular weight is 406 g/mol. The maximum absolute atomic E-state index is 13.3. The van der Waals surface area contributed by atoms with Gasteiger partial charge in [-0.1, -0.05) is 17.7 Å². The molecule has 1 heterocycles. The van der Waals surface area contributed by atoms with E-state index in [0.29, 0.717) is 5.91 Å². The maximum Gasteiger partial charge on any atom is 0.285 e. The number of aryl methyl sites for hydroxylation is 3. The summed E-state index contributed by atoms with van der Waals surface area (Å²) in [4.78, 5) is 15.4. The monoisotopic (exact) mass is 406 g/mol. The molecule has 1 aliphatic heterocycles. The quantitative estimate of drug-likeness (QED) is 0.678. The zero-order valence-electron chi connectivity index (χ0n) is 16.4. The van der Waals surface area contributed by atoms with Crippen molar-refractivity contribution in [1.82, 2.24) is 0 Å². The number of rotatable bonds is 5. The molecule has 1 aromatic rings. The number of hydrogen-bond acceptors (Lipinski definition) is 1. The number of piperidine rings is 1. The number of amides is 1. The van der Waals surface area contributed by atoms with Gasteiger partial charge in [-0.3, -0.25) is 4.79 Å². The molecular formula is C20H33N2OY+. The Hall–Kier alpha value is -0.246. The van der Waals surface area contributed by atoms with Crippen LogP contribution in [0, 0.1) is 20.8 Å². The zero-order chi connectivity index (χ0) is 17.2. The number of anilines is 1. The fraction of sp³-hybridized carbons (Fsp3) is 0.650. The summed E-state index contributed by atoms with van der Waals surface area (Å²) in [5.41, 5.74) is 4.86. The number of quaternary nitrogens is 1. The molecule has 0 saturated carbocycles. The van der Waals surface area contributed by atoms with Gasteiger partial charge in [-0.05, 0) is 59.1 Å². The van der Waals surface area contributed by atoms with Crippen LogP contribution < -0.4 is 4.90 Å². The molecular weight excluding hydrogens is 373 g/mol. The van der Waals surface area contributed by atoms with Crippen molar-refractivity contribution in [2.45, 2.75) is 60.4 Å². The summed E-state index contributed by atoms with van der Waals surface area (Å²) >= 11 is 0. The number of nitrogens with zero attached hydrogens (tertiary/aromatic N) is 2. The molecule has 3 nitrogen and oxygen atoms in total. The SMILES string of the molecule is CC[N+](CC)(CC)C1CCCN(c2c(C)cc(C)cc2C)C1=O.[Y]. The third kappa shape index (κ3) is 3.94. The van der Waals surface area contributed by atoms with Gasteiger partial charge < -0.3 is 9.38 Å². The second kappa shape index (κ2) is 8.92. The third-order valence-corrected chi connectivity index (χ3v) is 5.87. The van der Waals surface area contributed by atoms with Crippen LogP contribution in [0.4, 0.5) is 5.69 Å². The predicted octanol–water partition coefficient (Wildman–Crippen LogP) is 3.98. The van der Waals surface area contributed by atoms with E-state index in [9.17, 15) is 4.79 Å². The van der Waals surface area contributed by atoms with E-state index < -0.39 is 0 Å². The Morgan fingerprint density at radius 3 is 2.00 bits per heavy atom. The topological polar surface area (TPSA) is 20.3 Å². The standard InChI is InChI=1S/C20H33N2O.Y/c1-7-22(8-2,9-3)18-11-10-12-21(20(18)23)19-16(5)13-15(4)14-17(19)6;/h13-14,18H,7-12H2,1-6H3;/q+1;. The number of benzene rings is 1. The first-order valence-corrected chi connectivity index (χ1v) is 9.15. The maximum atomic E-state index is 13.3. The Balaban J connectivity index is 0.00000288. The summed E-state index contributed by atoms with van der Waals surface area (Å²) in [6, 6.07) is 4.51. The number of carbonyl (C=O) groups is 1. The van der Waals surface area contributed by atoms with Gasteiger partial charge in [0, 0.05) is 51.4 Å². The van der Waals surface area contributed by atoms with Gasteiger partial charge in [-0.15, -0.1) is 0 Å². The average Bonchev–Trinajstić information content (AvgIpc) is 2.51. The van der Waals surface area contributed by atoms with E-state index in [-0.39, 0.29) is 38.8 Å². The molecule has 2 rings (SSSR count). The first kappa shape index (κ1) is 21.8. The van der Waals surface area contributed by atoms with Gasteiger partial charge in [0.25, 0.3) is 5.91 Å². The molecule has 0 aromatic heterocycles. The van der Waals surface area contributed by atoms with Crippen LogP contribution in [-0.2, 0) is 37.5 Å². The molecule has 0 spiro atoms. The molecule has 1 aliphatic rings. The van der Waals surface area contributed by atoms with E-state index >= 15 is 0 Å².